The van der Waals surface area contributed by atoms with E-state index in [1.807, 2.05) is 12.1 Å². The SMILES string of the molecule is Cc1cccc(OCCO[Si](C)(C)C(C)(C)C)c1C. The predicted molar refractivity (Wildman–Crippen MR) is 84.6 cm³/mol. The molecule has 0 aliphatic carbocycles. The van der Waals surface area contributed by atoms with E-state index in [0.29, 0.717) is 13.2 Å². The highest BCUT2D eigenvalue weighted by Gasteiger charge is 2.36. The fourth-order valence-corrected chi connectivity index (χ4v) is 2.57. The van der Waals surface area contributed by atoms with Crippen molar-refractivity contribution in [3.63, 3.8) is 0 Å². The molecular formula is C16H28O2Si. The highest BCUT2D eigenvalue weighted by atomic mass is 28.4. The first-order valence-corrected chi connectivity index (χ1v) is 9.89. The van der Waals surface area contributed by atoms with Gasteiger partial charge in [-0.2, -0.15) is 0 Å². The van der Waals surface area contributed by atoms with Gasteiger partial charge in [-0.15, -0.1) is 0 Å². The van der Waals surface area contributed by atoms with Gasteiger partial charge in [0.1, 0.15) is 12.4 Å². The molecule has 0 heterocycles. The van der Waals surface area contributed by atoms with Crippen molar-refractivity contribution in [2.75, 3.05) is 13.2 Å². The number of ether oxygens (including phenoxy) is 1. The maximum absolute atomic E-state index is 6.10. The van der Waals surface area contributed by atoms with Gasteiger partial charge in [0.05, 0.1) is 6.61 Å². The molecule has 0 amide bonds. The average molecular weight is 280 g/mol. The lowest BCUT2D eigenvalue weighted by molar-refractivity contribution is 0.203. The van der Waals surface area contributed by atoms with Crippen LogP contribution < -0.4 is 4.74 Å². The Hall–Kier alpha value is -0.803. The number of hydrogen-bond donors (Lipinski definition) is 0. The number of aryl methyl sites for hydroxylation is 1. The van der Waals surface area contributed by atoms with E-state index in [1.54, 1.807) is 0 Å². The van der Waals surface area contributed by atoms with Crippen molar-refractivity contribution in [3.05, 3.63) is 29.3 Å². The Labute approximate surface area is 119 Å². The van der Waals surface area contributed by atoms with Crippen LogP contribution in [0, 0.1) is 13.8 Å². The minimum Gasteiger partial charge on any atom is -0.491 e. The van der Waals surface area contributed by atoms with Gasteiger partial charge in [-0.05, 0) is 49.2 Å². The molecule has 0 saturated heterocycles. The lowest BCUT2D eigenvalue weighted by atomic mass is 10.1. The van der Waals surface area contributed by atoms with Crippen molar-refractivity contribution in [2.45, 2.75) is 52.8 Å². The van der Waals surface area contributed by atoms with Crippen LogP contribution >= 0.6 is 0 Å². The monoisotopic (exact) mass is 280 g/mol. The average Bonchev–Trinajstić information content (AvgIpc) is 2.28. The lowest BCUT2D eigenvalue weighted by Gasteiger charge is -2.36. The van der Waals surface area contributed by atoms with Crippen molar-refractivity contribution in [3.8, 4) is 5.75 Å². The van der Waals surface area contributed by atoms with Gasteiger partial charge in [-0.25, -0.2) is 0 Å². The van der Waals surface area contributed by atoms with Gasteiger partial charge < -0.3 is 9.16 Å². The van der Waals surface area contributed by atoms with E-state index >= 15 is 0 Å². The van der Waals surface area contributed by atoms with Crippen molar-refractivity contribution < 1.29 is 9.16 Å². The van der Waals surface area contributed by atoms with E-state index in [-0.39, 0.29) is 5.04 Å². The minimum atomic E-state index is -1.65. The Bertz CT molecular complexity index is 419. The van der Waals surface area contributed by atoms with E-state index in [1.165, 1.54) is 11.1 Å². The summed E-state index contributed by atoms with van der Waals surface area (Å²) in [5, 5.41) is 0.256. The van der Waals surface area contributed by atoms with Crippen molar-refractivity contribution in [1.82, 2.24) is 0 Å². The fourth-order valence-electron chi connectivity index (χ4n) is 1.55. The third-order valence-corrected chi connectivity index (χ3v) is 8.70. The van der Waals surface area contributed by atoms with E-state index in [0.717, 1.165) is 5.75 Å². The molecule has 0 fully saturated rings. The Morgan fingerprint density at radius 1 is 1.05 bits per heavy atom. The standard InChI is InChI=1S/C16H28O2Si/c1-13-9-8-10-15(14(13)2)17-11-12-18-19(6,7)16(3,4)5/h8-10H,11-12H2,1-7H3. The first kappa shape index (κ1) is 16.3. The summed E-state index contributed by atoms with van der Waals surface area (Å²) < 4.78 is 11.9. The molecule has 1 aromatic rings. The highest BCUT2D eigenvalue weighted by Crippen LogP contribution is 2.36. The summed E-state index contributed by atoms with van der Waals surface area (Å²) >= 11 is 0. The number of hydrogen-bond acceptors (Lipinski definition) is 2. The quantitative estimate of drug-likeness (QED) is 0.575. The molecule has 1 rings (SSSR count). The largest absolute Gasteiger partial charge is 0.491 e. The summed E-state index contributed by atoms with van der Waals surface area (Å²) in [6.45, 7) is 16.8. The van der Waals surface area contributed by atoms with Gasteiger partial charge in [0.15, 0.2) is 8.32 Å². The van der Waals surface area contributed by atoms with Crippen LogP contribution in [0.5, 0.6) is 5.75 Å². The molecule has 0 spiro atoms. The van der Waals surface area contributed by atoms with Crippen molar-refractivity contribution in [2.24, 2.45) is 0 Å². The Morgan fingerprint density at radius 3 is 2.26 bits per heavy atom. The Kier molecular flexibility index (Phi) is 5.22. The number of rotatable bonds is 5. The first-order valence-electron chi connectivity index (χ1n) is 6.98. The molecule has 0 aliphatic rings. The second-order valence-electron chi connectivity index (χ2n) is 6.66. The zero-order valence-corrected chi connectivity index (χ0v) is 14.5. The van der Waals surface area contributed by atoms with Gasteiger partial charge in [0, 0.05) is 0 Å². The second-order valence-corrected chi connectivity index (χ2v) is 11.5. The summed E-state index contributed by atoms with van der Waals surface area (Å²) in [4.78, 5) is 0. The second kappa shape index (κ2) is 6.10. The van der Waals surface area contributed by atoms with Crippen LogP contribution in [0.2, 0.25) is 18.1 Å². The smallest absolute Gasteiger partial charge is 0.192 e. The van der Waals surface area contributed by atoms with Crippen LogP contribution in [0.1, 0.15) is 31.9 Å². The minimum absolute atomic E-state index is 0.256. The summed E-state index contributed by atoms with van der Waals surface area (Å²) in [5.74, 6) is 0.971. The van der Waals surface area contributed by atoms with Crippen LogP contribution in [-0.4, -0.2) is 21.5 Å². The summed E-state index contributed by atoms with van der Waals surface area (Å²) in [7, 11) is -1.65. The molecule has 108 valence electrons. The molecule has 0 aromatic heterocycles. The summed E-state index contributed by atoms with van der Waals surface area (Å²) in [6.07, 6.45) is 0. The van der Waals surface area contributed by atoms with Crippen LogP contribution in [0.25, 0.3) is 0 Å². The fraction of sp³-hybridized carbons (Fsp3) is 0.625. The molecular weight excluding hydrogens is 252 g/mol. The van der Waals surface area contributed by atoms with E-state index in [9.17, 15) is 0 Å². The normalized spacial score (nSPS) is 12.6. The molecule has 0 unspecified atom stereocenters. The molecule has 0 bridgehead atoms. The maximum atomic E-state index is 6.10. The van der Waals surface area contributed by atoms with Crippen molar-refractivity contribution in [1.29, 1.82) is 0 Å². The first-order chi connectivity index (χ1) is 8.65. The molecule has 1 aromatic carbocycles. The van der Waals surface area contributed by atoms with Crippen LogP contribution in [-0.2, 0) is 4.43 Å². The number of benzene rings is 1. The molecule has 0 atom stereocenters. The third kappa shape index (κ3) is 4.36. The molecule has 3 heteroatoms. The lowest BCUT2D eigenvalue weighted by Crippen LogP contribution is -2.41. The maximum Gasteiger partial charge on any atom is 0.192 e. The predicted octanol–water partition coefficient (Wildman–Crippen LogP) is 4.70. The van der Waals surface area contributed by atoms with Crippen LogP contribution in [0.3, 0.4) is 0 Å². The third-order valence-electron chi connectivity index (χ3n) is 4.16. The zero-order valence-electron chi connectivity index (χ0n) is 13.5. The molecule has 0 radical (unpaired) electrons. The highest BCUT2D eigenvalue weighted by molar-refractivity contribution is 6.74. The molecule has 19 heavy (non-hydrogen) atoms. The van der Waals surface area contributed by atoms with E-state index in [4.69, 9.17) is 9.16 Å². The van der Waals surface area contributed by atoms with Gasteiger partial charge >= 0.3 is 0 Å². The Morgan fingerprint density at radius 2 is 1.68 bits per heavy atom. The molecule has 0 aliphatic heterocycles. The van der Waals surface area contributed by atoms with Crippen LogP contribution in [0.4, 0.5) is 0 Å². The molecule has 2 nitrogen and oxygen atoms in total. The van der Waals surface area contributed by atoms with E-state index < -0.39 is 8.32 Å². The van der Waals surface area contributed by atoms with Gasteiger partial charge in [0.25, 0.3) is 0 Å². The Balaban J connectivity index is 2.46. The summed E-state index contributed by atoms with van der Waals surface area (Å²) in [6, 6.07) is 6.16. The van der Waals surface area contributed by atoms with Crippen molar-refractivity contribution >= 4 is 8.32 Å². The molecule has 0 N–H and O–H groups in total. The van der Waals surface area contributed by atoms with Crippen LogP contribution in [0.15, 0.2) is 18.2 Å². The van der Waals surface area contributed by atoms with Gasteiger partial charge in [0.2, 0.25) is 0 Å². The van der Waals surface area contributed by atoms with Gasteiger partial charge in [-0.3, -0.25) is 0 Å². The zero-order chi connectivity index (χ0) is 14.7. The van der Waals surface area contributed by atoms with Gasteiger partial charge in [-0.1, -0.05) is 32.9 Å². The molecule has 0 saturated carbocycles. The van der Waals surface area contributed by atoms with E-state index in [2.05, 4.69) is 53.8 Å². The summed E-state index contributed by atoms with van der Waals surface area (Å²) in [5.41, 5.74) is 2.48. The topological polar surface area (TPSA) is 18.5 Å².